The van der Waals surface area contributed by atoms with Gasteiger partial charge in [0.2, 0.25) is 0 Å². The van der Waals surface area contributed by atoms with Gasteiger partial charge in [-0.15, -0.1) is 0 Å². The first-order valence-corrected chi connectivity index (χ1v) is 6.98. The van der Waals surface area contributed by atoms with Gasteiger partial charge in [0, 0.05) is 13.2 Å². The molecule has 1 aromatic carbocycles. The van der Waals surface area contributed by atoms with E-state index in [4.69, 9.17) is 4.74 Å². The summed E-state index contributed by atoms with van der Waals surface area (Å²) < 4.78 is 5.81. The average Bonchev–Trinajstić information content (AvgIpc) is 2.45. The van der Waals surface area contributed by atoms with Crippen molar-refractivity contribution in [3.63, 3.8) is 0 Å². The summed E-state index contributed by atoms with van der Waals surface area (Å²) in [5.74, 6) is 0. The molecule has 0 radical (unpaired) electrons. The number of rotatable bonds is 7. The smallest absolute Gasteiger partial charge is 0.0755 e. The van der Waals surface area contributed by atoms with Gasteiger partial charge in [0.15, 0.2) is 0 Å². The molecule has 0 amide bonds. The molecule has 1 aliphatic carbocycles. The summed E-state index contributed by atoms with van der Waals surface area (Å²) in [6.07, 6.45) is 9.58. The van der Waals surface area contributed by atoms with Crippen LogP contribution in [-0.4, -0.2) is 19.3 Å². The lowest BCUT2D eigenvalue weighted by Gasteiger charge is -2.17. The molecule has 0 bridgehead atoms. The first kappa shape index (κ1) is 13.3. The molecule has 0 heterocycles. The maximum Gasteiger partial charge on any atom is 0.0755 e. The Morgan fingerprint density at radius 1 is 1.22 bits per heavy atom. The molecule has 0 spiro atoms. The minimum Gasteiger partial charge on any atom is -0.374 e. The van der Waals surface area contributed by atoms with Crippen LogP contribution in [0.5, 0.6) is 0 Å². The third kappa shape index (κ3) is 5.03. The van der Waals surface area contributed by atoms with Crippen molar-refractivity contribution in [1.82, 2.24) is 5.32 Å². The molecule has 0 fully saturated rings. The van der Waals surface area contributed by atoms with E-state index >= 15 is 0 Å². The van der Waals surface area contributed by atoms with Gasteiger partial charge in [0.05, 0.1) is 6.10 Å². The summed E-state index contributed by atoms with van der Waals surface area (Å²) in [7, 11) is 0. The molecule has 1 atom stereocenters. The number of hydrogen-bond acceptors (Lipinski definition) is 2. The molecule has 98 valence electrons. The van der Waals surface area contributed by atoms with Crippen molar-refractivity contribution >= 4 is 0 Å². The summed E-state index contributed by atoms with van der Waals surface area (Å²) in [6, 6.07) is 10.5. The summed E-state index contributed by atoms with van der Waals surface area (Å²) in [5.41, 5.74) is 1.34. The predicted octanol–water partition coefficient (Wildman–Crippen LogP) is 3.29. The third-order valence-electron chi connectivity index (χ3n) is 3.21. The predicted molar refractivity (Wildman–Crippen MR) is 75.5 cm³/mol. The lowest BCUT2D eigenvalue weighted by molar-refractivity contribution is 0.0736. The molecule has 1 unspecified atom stereocenters. The van der Waals surface area contributed by atoms with Crippen LogP contribution >= 0.6 is 0 Å². The summed E-state index contributed by atoms with van der Waals surface area (Å²) in [5, 5.41) is 3.44. The Bertz CT molecular complexity index is 347. The van der Waals surface area contributed by atoms with Crippen LogP contribution in [0.2, 0.25) is 0 Å². The first-order chi connectivity index (χ1) is 8.95. The van der Waals surface area contributed by atoms with Gasteiger partial charge in [-0.3, -0.25) is 0 Å². The molecule has 1 N–H and O–H groups in total. The van der Waals surface area contributed by atoms with Gasteiger partial charge >= 0.3 is 0 Å². The molecular formula is C16H23NO. The Labute approximate surface area is 110 Å². The molecular weight excluding hydrogens is 222 g/mol. The number of nitrogens with one attached hydrogen (secondary N) is 1. The summed E-state index contributed by atoms with van der Waals surface area (Å²) in [6.45, 7) is 2.83. The minimum absolute atomic E-state index is 0.368. The minimum atomic E-state index is 0.368. The maximum atomic E-state index is 5.81. The quantitative estimate of drug-likeness (QED) is 0.588. The maximum absolute atomic E-state index is 5.81. The van der Waals surface area contributed by atoms with Crippen LogP contribution in [0.15, 0.2) is 42.5 Å². The average molecular weight is 245 g/mol. The highest BCUT2D eigenvalue weighted by atomic mass is 16.5. The first-order valence-electron chi connectivity index (χ1n) is 6.98. The summed E-state index contributed by atoms with van der Waals surface area (Å²) >= 11 is 0. The van der Waals surface area contributed by atoms with E-state index in [0.717, 1.165) is 26.1 Å². The normalized spacial score (nSPS) is 19.0. The zero-order valence-corrected chi connectivity index (χ0v) is 11.0. The molecule has 1 aromatic rings. The molecule has 2 heteroatoms. The van der Waals surface area contributed by atoms with Gasteiger partial charge in [0.25, 0.3) is 0 Å². The van der Waals surface area contributed by atoms with Crippen LogP contribution in [0.1, 0.15) is 31.2 Å². The van der Waals surface area contributed by atoms with E-state index in [-0.39, 0.29) is 0 Å². The standard InChI is InChI=1S/C16H23NO/c1-3-8-15(9-4-1)14-17-12-7-13-18-16-10-5-2-6-11-16/h1,3-5,8-10,16-17H,2,6-7,11-14H2. The Kier molecular flexibility index (Phi) is 5.97. The fourth-order valence-corrected chi connectivity index (χ4v) is 2.18. The van der Waals surface area contributed by atoms with Gasteiger partial charge in [-0.2, -0.15) is 0 Å². The second-order valence-electron chi connectivity index (χ2n) is 4.78. The van der Waals surface area contributed by atoms with Crippen molar-refractivity contribution in [1.29, 1.82) is 0 Å². The van der Waals surface area contributed by atoms with Crippen LogP contribution in [-0.2, 0) is 11.3 Å². The van der Waals surface area contributed by atoms with Crippen molar-refractivity contribution in [3.05, 3.63) is 48.0 Å². The van der Waals surface area contributed by atoms with Crippen molar-refractivity contribution < 1.29 is 4.74 Å². The molecule has 2 rings (SSSR count). The molecule has 18 heavy (non-hydrogen) atoms. The number of benzene rings is 1. The number of hydrogen-bond donors (Lipinski definition) is 1. The fraction of sp³-hybridized carbons (Fsp3) is 0.500. The zero-order chi connectivity index (χ0) is 12.5. The molecule has 2 nitrogen and oxygen atoms in total. The molecule has 0 aromatic heterocycles. The molecule has 0 aliphatic heterocycles. The van der Waals surface area contributed by atoms with Crippen LogP contribution < -0.4 is 5.32 Å². The second kappa shape index (κ2) is 8.06. The van der Waals surface area contributed by atoms with Gasteiger partial charge in [0.1, 0.15) is 0 Å². The lowest BCUT2D eigenvalue weighted by Crippen LogP contribution is -2.19. The topological polar surface area (TPSA) is 21.3 Å². The third-order valence-corrected chi connectivity index (χ3v) is 3.21. The van der Waals surface area contributed by atoms with E-state index in [1.54, 1.807) is 0 Å². The van der Waals surface area contributed by atoms with Crippen LogP contribution in [0.25, 0.3) is 0 Å². The Morgan fingerprint density at radius 3 is 2.89 bits per heavy atom. The van der Waals surface area contributed by atoms with Crippen molar-refractivity contribution in [3.8, 4) is 0 Å². The SMILES string of the molecule is C1=CC(OCCCNCc2ccccc2)CCC1. The highest BCUT2D eigenvalue weighted by molar-refractivity contribution is 5.14. The van der Waals surface area contributed by atoms with Gasteiger partial charge < -0.3 is 10.1 Å². The van der Waals surface area contributed by atoms with E-state index in [0.29, 0.717) is 6.10 Å². The van der Waals surface area contributed by atoms with Gasteiger partial charge in [-0.1, -0.05) is 42.5 Å². The largest absolute Gasteiger partial charge is 0.374 e. The van der Waals surface area contributed by atoms with E-state index in [9.17, 15) is 0 Å². The molecule has 0 saturated carbocycles. The van der Waals surface area contributed by atoms with Crippen molar-refractivity contribution in [2.75, 3.05) is 13.2 Å². The Morgan fingerprint density at radius 2 is 2.11 bits per heavy atom. The summed E-state index contributed by atoms with van der Waals surface area (Å²) in [4.78, 5) is 0. The van der Waals surface area contributed by atoms with Gasteiger partial charge in [-0.25, -0.2) is 0 Å². The van der Waals surface area contributed by atoms with E-state index in [2.05, 4.69) is 47.8 Å². The second-order valence-corrected chi connectivity index (χ2v) is 4.78. The zero-order valence-electron chi connectivity index (χ0n) is 11.0. The van der Waals surface area contributed by atoms with Crippen molar-refractivity contribution in [2.24, 2.45) is 0 Å². The fourth-order valence-electron chi connectivity index (χ4n) is 2.18. The highest BCUT2D eigenvalue weighted by Gasteiger charge is 2.07. The van der Waals surface area contributed by atoms with Crippen molar-refractivity contribution in [2.45, 2.75) is 38.3 Å². The lowest BCUT2D eigenvalue weighted by atomic mass is 10.1. The van der Waals surface area contributed by atoms with E-state index in [1.165, 1.54) is 24.8 Å². The highest BCUT2D eigenvalue weighted by Crippen LogP contribution is 2.13. The monoisotopic (exact) mass is 245 g/mol. The molecule has 0 saturated heterocycles. The van der Waals surface area contributed by atoms with Crippen LogP contribution in [0.4, 0.5) is 0 Å². The van der Waals surface area contributed by atoms with Gasteiger partial charge in [-0.05, 0) is 37.8 Å². The molecule has 1 aliphatic rings. The number of allylic oxidation sites excluding steroid dienone is 1. The Hall–Kier alpha value is -1.12. The number of ether oxygens (including phenoxy) is 1. The van der Waals surface area contributed by atoms with Crippen LogP contribution in [0, 0.1) is 0 Å². The Balaban J connectivity index is 1.49. The van der Waals surface area contributed by atoms with E-state index < -0.39 is 0 Å². The van der Waals surface area contributed by atoms with E-state index in [1.807, 2.05) is 0 Å². The van der Waals surface area contributed by atoms with Crippen LogP contribution in [0.3, 0.4) is 0 Å².